The van der Waals surface area contributed by atoms with Crippen molar-refractivity contribution in [3.63, 3.8) is 0 Å². The lowest BCUT2D eigenvalue weighted by atomic mass is 10.1. The normalized spacial score (nSPS) is 11.8. The average Bonchev–Trinajstić information content (AvgIpc) is 3.04. The first kappa shape index (κ1) is 20.3. The minimum Gasteiger partial charge on any atom is -0.848 e. The van der Waals surface area contributed by atoms with E-state index in [1.807, 2.05) is 42.8 Å². The molecule has 0 radical (unpaired) electrons. The molecule has 7 heteroatoms. The van der Waals surface area contributed by atoms with Crippen molar-refractivity contribution in [2.75, 3.05) is 0 Å². The Morgan fingerprint density at radius 1 is 1.07 bits per heavy atom. The maximum absolute atomic E-state index is 13.1. The number of para-hydroxylation sites is 1. The minimum absolute atomic E-state index is 0.233. The highest BCUT2D eigenvalue weighted by Crippen LogP contribution is 2.24. The standard InChI is InChI=1S/C23H29N5O2/c1-4-6-7-8-9-12-15-27-21(29)16(5-2)22(30)28-23(27)24-20-19(25-28)17-13-10-11-14-18(17)26(20)3/h10-11,13-14H,4-9,12,15H2,1-3H3. The molecule has 3 heterocycles. The van der Waals surface area contributed by atoms with Crippen LogP contribution in [0.25, 0.3) is 27.8 Å². The highest BCUT2D eigenvalue weighted by atomic mass is 16.3. The molecule has 0 atom stereocenters. The monoisotopic (exact) mass is 407 g/mol. The van der Waals surface area contributed by atoms with Gasteiger partial charge in [-0.3, -0.25) is 0 Å². The molecule has 0 unspecified atom stereocenters. The van der Waals surface area contributed by atoms with E-state index < -0.39 is 0 Å². The van der Waals surface area contributed by atoms with Crippen LogP contribution < -0.4 is 15.2 Å². The Morgan fingerprint density at radius 2 is 1.80 bits per heavy atom. The third kappa shape index (κ3) is 3.32. The maximum Gasteiger partial charge on any atom is 0.427 e. The summed E-state index contributed by atoms with van der Waals surface area (Å²) in [5.74, 6) is 0.0950. The Hall–Kier alpha value is -2.96. The zero-order chi connectivity index (χ0) is 21.3. The molecule has 0 saturated carbocycles. The lowest BCUT2D eigenvalue weighted by Crippen LogP contribution is -2.46. The van der Waals surface area contributed by atoms with E-state index in [1.165, 1.54) is 23.8 Å². The summed E-state index contributed by atoms with van der Waals surface area (Å²) in [4.78, 5) is 17.8. The molecule has 7 nitrogen and oxygen atoms in total. The molecule has 3 aromatic heterocycles. The fourth-order valence-electron chi connectivity index (χ4n) is 4.21. The predicted molar refractivity (Wildman–Crippen MR) is 116 cm³/mol. The second-order valence-electron chi connectivity index (χ2n) is 7.93. The van der Waals surface area contributed by atoms with Crippen molar-refractivity contribution < 1.29 is 9.67 Å². The van der Waals surface area contributed by atoms with Gasteiger partial charge < -0.3 is 9.67 Å². The van der Waals surface area contributed by atoms with Gasteiger partial charge in [-0.2, -0.15) is 0 Å². The lowest BCUT2D eigenvalue weighted by molar-refractivity contribution is -0.719. The number of unbranched alkanes of at least 4 members (excludes halogenated alkanes) is 5. The number of nitrogens with zero attached hydrogens (tertiary/aromatic N) is 5. The Morgan fingerprint density at radius 3 is 2.57 bits per heavy atom. The van der Waals surface area contributed by atoms with E-state index in [2.05, 4.69) is 12.0 Å². The molecule has 0 amide bonds. The number of hydrogen-bond acceptors (Lipinski definition) is 4. The van der Waals surface area contributed by atoms with Crippen LogP contribution in [0.3, 0.4) is 0 Å². The third-order valence-corrected chi connectivity index (χ3v) is 5.93. The van der Waals surface area contributed by atoms with Gasteiger partial charge in [-0.05, 0) is 23.9 Å². The number of benzene rings is 1. The van der Waals surface area contributed by atoms with E-state index in [9.17, 15) is 9.90 Å². The van der Waals surface area contributed by atoms with Crippen LogP contribution in [0, 0.1) is 0 Å². The number of rotatable bonds is 8. The smallest absolute Gasteiger partial charge is 0.427 e. The van der Waals surface area contributed by atoms with E-state index in [-0.39, 0.29) is 17.0 Å². The summed E-state index contributed by atoms with van der Waals surface area (Å²) in [6.07, 6.45) is 7.16. The highest BCUT2D eigenvalue weighted by molar-refractivity contribution is 6.04. The zero-order valence-corrected chi connectivity index (χ0v) is 18.0. The molecule has 1 aromatic carbocycles. The third-order valence-electron chi connectivity index (χ3n) is 5.93. The molecule has 0 aliphatic rings. The molecule has 4 aromatic rings. The van der Waals surface area contributed by atoms with Crippen LogP contribution in [0.15, 0.2) is 29.1 Å². The van der Waals surface area contributed by atoms with Crippen LogP contribution in [0.2, 0.25) is 0 Å². The summed E-state index contributed by atoms with van der Waals surface area (Å²) in [6.45, 7) is 4.58. The van der Waals surface area contributed by atoms with Crippen LogP contribution >= 0.6 is 0 Å². The van der Waals surface area contributed by atoms with Gasteiger partial charge >= 0.3 is 11.3 Å². The van der Waals surface area contributed by atoms with E-state index in [1.54, 1.807) is 4.57 Å². The topological polar surface area (TPSA) is 79.1 Å². The second kappa shape index (κ2) is 8.42. The summed E-state index contributed by atoms with van der Waals surface area (Å²) in [5, 5.41) is 18.7. The molecule has 0 aliphatic carbocycles. The summed E-state index contributed by atoms with van der Waals surface area (Å²) in [6, 6.07) is 7.91. The summed E-state index contributed by atoms with van der Waals surface area (Å²) < 4.78 is 4.94. The van der Waals surface area contributed by atoms with Crippen molar-refractivity contribution in [2.45, 2.75) is 65.3 Å². The van der Waals surface area contributed by atoms with Crippen molar-refractivity contribution in [1.82, 2.24) is 19.2 Å². The van der Waals surface area contributed by atoms with Crippen LogP contribution in [0.4, 0.5) is 0 Å². The Labute approximate surface area is 175 Å². The highest BCUT2D eigenvalue weighted by Gasteiger charge is 2.24. The quantitative estimate of drug-likeness (QED) is 0.332. The largest absolute Gasteiger partial charge is 0.848 e. The van der Waals surface area contributed by atoms with Crippen LogP contribution in [-0.4, -0.2) is 19.2 Å². The van der Waals surface area contributed by atoms with Crippen molar-refractivity contribution >= 4 is 27.8 Å². The molecule has 0 saturated heterocycles. The Balaban J connectivity index is 1.87. The van der Waals surface area contributed by atoms with E-state index in [4.69, 9.17) is 4.98 Å². The van der Waals surface area contributed by atoms with Gasteiger partial charge in [-0.15, -0.1) is 0 Å². The predicted octanol–water partition coefficient (Wildman–Crippen LogP) is 3.02. The van der Waals surface area contributed by atoms with Crippen molar-refractivity contribution in [3.05, 3.63) is 40.2 Å². The summed E-state index contributed by atoms with van der Waals surface area (Å²) >= 11 is 0. The molecule has 158 valence electrons. The molecule has 30 heavy (non-hydrogen) atoms. The van der Waals surface area contributed by atoms with Crippen LogP contribution in [-0.2, 0) is 20.0 Å². The van der Waals surface area contributed by atoms with Gasteiger partial charge in [0.15, 0.2) is 5.52 Å². The average molecular weight is 408 g/mol. The fourth-order valence-corrected chi connectivity index (χ4v) is 4.21. The fraction of sp³-hybridized carbons (Fsp3) is 0.478. The van der Waals surface area contributed by atoms with E-state index in [0.717, 1.165) is 30.2 Å². The van der Waals surface area contributed by atoms with Crippen molar-refractivity contribution in [2.24, 2.45) is 7.05 Å². The molecule has 0 aliphatic heterocycles. The second-order valence-corrected chi connectivity index (χ2v) is 7.93. The molecule has 0 fully saturated rings. The molecule has 0 spiro atoms. The maximum atomic E-state index is 13.1. The lowest BCUT2D eigenvalue weighted by Gasteiger charge is -2.16. The van der Waals surface area contributed by atoms with Gasteiger partial charge in [0.2, 0.25) is 5.65 Å². The SMILES string of the molecule is CCCCCCCC[n+]1c([O-])c(CC)c(=O)n2nc3c4ccccc4n(C)c3nc21. The Bertz CT molecular complexity index is 1270. The Kier molecular flexibility index (Phi) is 5.70. The van der Waals surface area contributed by atoms with Crippen molar-refractivity contribution in [1.29, 1.82) is 0 Å². The van der Waals surface area contributed by atoms with Gasteiger partial charge in [-0.1, -0.05) is 73.8 Å². The number of fused-ring (bicyclic) bond motifs is 4. The van der Waals surface area contributed by atoms with Gasteiger partial charge in [0.05, 0.1) is 17.6 Å². The number of aromatic nitrogens is 5. The van der Waals surface area contributed by atoms with Crippen LogP contribution in [0.5, 0.6) is 5.88 Å². The van der Waals surface area contributed by atoms with E-state index >= 15 is 0 Å². The van der Waals surface area contributed by atoms with Crippen molar-refractivity contribution in [3.8, 4) is 5.88 Å². The first-order valence-corrected chi connectivity index (χ1v) is 11.0. The van der Waals surface area contributed by atoms with Gasteiger partial charge in [0, 0.05) is 18.3 Å². The first-order chi connectivity index (χ1) is 14.6. The first-order valence-electron chi connectivity index (χ1n) is 11.0. The summed E-state index contributed by atoms with van der Waals surface area (Å²) in [7, 11) is 1.94. The van der Waals surface area contributed by atoms with Gasteiger partial charge in [0.25, 0.3) is 0 Å². The molecular formula is C23H29N5O2. The van der Waals surface area contributed by atoms with E-state index in [0.29, 0.717) is 29.9 Å². The van der Waals surface area contributed by atoms with Crippen LogP contribution in [0.1, 0.15) is 57.9 Å². The molecule has 0 N–H and O–H groups in total. The minimum atomic E-state index is -0.362. The van der Waals surface area contributed by atoms with Gasteiger partial charge in [-0.25, -0.2) is 9.36 Å². The molecule has 4 rings (SSSR count). The number of aryl methyl sites for hydroxylation is 2. The zero-order valence-electron chi connectivity index (χ0n) is 18.0. The molecule has 0 bridgehead atoms. The molecular weight excluding hydrogens is 378 g/mol. The van der Waals surface area contributed by atoms with Gasteiger partial charge in [0.1, 0.15) is 0 Å². The number of hydrogen-bond donors (Lipinski definition) is 0. The summed E-state index contributed by atoms with van der Waals surface area (Å²) in [5.41, 5.74) is 2.26.